The van der Waals surface area contributed by atoms with Crippen LogP contribution in [0.4, 0.5) is 4.79 Å². The van der Waals surface area contributed by atoms with Crippen LogP contribution in [-0.4, -0.2) is 55.1 Å². The predicted molar refractivity (Wildman–Crippen MR) is 60.1 cm³/mol. The van der Waals surface area contributed by atoms with Crippen molar-refractivity contribution in [1.82, 2.24) is 9.80 Å². The molecule has 0 saturated carbocycles. The molecule has 92 valence electrons. The van der Waals surface area contributed by atoms with Gasteiger partial charge in [-0.15, -0.1) is 0 Å². The summed E-state index contributed by atoms with van der Waals surface area (Å²) in [5.41, 5.74) is 0. The number of hydrogen-bond acceptors (Lipinski definition) is 3. The fourth-order valence-electron chi connectivity index (χ4n) is 1.83. The van der Waals surface area contributed by atoms with E-state index in [1.54, 1.807) is 4.90 Å². The van der Waals surface area contributed by atoms with Crippen LogP contribution in [-0.2, 0) is 9.53 Å². The van der Waals surface area contributed by atoms with Crippen molar-refractivity contribution in [3.05, 3.63) is 0 Å². The van der Waals surface area contributed by atoms with E-state index in [4.69, 9.17) is 0 Å². The summed E-state index contributed by atoms with van der Waals surface area (Å²) in [6, 6.07) is 0.0453. The molecular formula is C11H20N2O3. The monoisotopic (exact) mass is 228 g/mol. The first kappa shape index (κ1) is 12.8. The third kappa shape index (κ3) is 3.40. The lowest BCUT2D eigenvalue weighted by atomic mass is 10.4. The third-order valence-electron chi connectivity index (χ3n) is 2.84. The highest BCUT2D eigenvalue weighted by Gasteiger charge is 2.22. The Kier molecular flexibility index (Phi) is 5.08. The van der Waals surface area contributed by atoms with Gasteiger partial charge >= 0.3 is 12.0 Å². The number of carbonyl (C=O) groups is 2. The first-order chi connectivity index (χ1) is 7.69. The van der Waals surface area contributed by atoms with Crippen LogP contribution < -0.4 is 0 Å². The Hall–Kier alpha value is -1.26. The number of rotatable bonds is 4. The number of nitrogens with zero attached hydrogens (tertiary/aromatic N) is 2. The Balaban J connectivity index is 2.40. The second-order valence-corrected chi connectivity index (χ2v) is 3.88. The van der Waals surface area contributed by atoms with Gasteiger partial charge in [0.2, 0.25) is 0 Å². The number of ether oxygens (including phenoxy) is 1. The number of likely N-dealkylation sites (tertiary alicyclic amines) is 1. The summed E-state index contributed by atoms with van der Waals surface area (Å²) < 4.78 is 4.56. The fraction of sp³-hybridized carbons (Fsp3) is 0.818. The van der Waals surface area contributed by atoms with Crippen molar-refractivity contribution in [2.75, 3.05) is 33.3 Å². The summed E-state index contributed by atoms with van der Waals surface area (Å²) in [6.07, 6.45) is 2.44. The van der Waals surface area contributed by atoms with Crippen LogP contribution in [0.25, 0.3) is 0 Å². The van der Waals surface area contributed by atoms with Crippen molar-refractivity contribution in [2.24, 2.45) is 0 Å². The smallest absolute Gasteiger partial charge is 0.320 e. The topological polar surface area (TPSA) is 49.9 Å². The highest BCUT2D eigenvalue weighted by molar-refractivity contribution is 5.76. The average molecular weight is 228 g/mol. The molecule has 1 aliphatic rings. The van der Waals surface area contributed by atoms with Crippen molar-refractivity contribution in [3.8, 4) is 0 Å². The van der Waals surface area contributed by atoms with E-state index in [1.165, 1.54) is 7.11 Å². The van der Waals surface area contributed by atoms with Crippen molar-refractivity contribution < 1.29 is 14.3 Å². The molecule has 1 fully saturated rings. The highest BCUT2D eigenvalue weighted by atomic mass is 16.5. The van der Waals surface area contributed by atoms with Gasteiger partial charge in [0, 0.05) is 26.2 Å². The van der Waals surface area contributed by atoms with Gasteiger partial charge in [-0.05, 0) is 19.8 Å². The largest absolute Gasteiger partial charge is 0.469 e. The normalized spacial score (nSPS) is 15.0. The quantitative estimate of drug-likeness (QED) is 0.677. The predicted octanol–water partition coefficient (Wildman–Crippen LogP) is 1.09. The van der Waals surface area contributed by atoms with Crippen molar-refractivity contribution in [1.29, 1.82) is 0 Å². The lowest BCUT2D eigenvalue weighted by molar-refractivity contribution is -0.140. The average Bonchev–Trinajstić information content (AvgIpc) is 2.82. The Morgan fingerprint density at radius 3 is 2.44 bits per heavy atom. The summed E-state index contributed by atoms with van der Waals surface area (Å²) in [4.78, 5) is 26.5. The molecule has 0 aromatic heterocycles. The molecule has 1 saturated heterocycles. The van der Waals surface area contributed by atoms with E-state index in [0.717, 1.165) is 25.9 Å². The molecule has 16 heavy (non-hydrogen) atoms. The van der Waals surface area contributed by atoms with Crippen LogP contribution in [0.2, 0.25) is 0 Å². The van der Waals surface area contributed by atoms with E-state index in [2.05, 4.69) is 4.74 Å². The second-order valence-electron chi connectivity index (χ2n) is 3.88. The number of esters is 1. The van der Waals surface area contributed by atoms with Gasteiger partial charge in [-0.25, -0.2) is 4.79 Å². The minimum absolute atomic E-state index is 0.0453. The maximum atomic E-state index is 12.0. The second kappa shape index (κ2) is 6.35. The van der Waals surface area contributed by atoms with E-state index in [1.807, 2.05) is 11.8 Å². The van der Waals surface area contributed by atoms with Gasteiger partial charge < -0.3 is 14.5 Å². The molecule has 0 aromatic rings. The Morgan fingerprint density at radius 1 is 1.31 bits per heavy atom. The molecule has 0 aliphatic carbocycles. The summed E-state index contributed by atoms with van der Waals surface area (Å²) >= 11 is 0. The zero-order valence-electron chi connectivity index (χ0n) is 10.1. The van der Waals surface area contributed by atoms with Crippen LogP contribution in [0.3, 0.4) is 0 Å². The van der Waals surface area contributed by atoms with Crippen LogP contribution >= 0.6 is 0 Å². The molecule has 5 nitrogen and oxygen atoms in total. The molecule has 1 heterocycles. The van der Waals surface area contributed by atoms with Gasteiger partial charge in [0.05, 0.1) is 13.5 Å². The van der Waals surface area contributed by atoms with Crippen LogP contribution in [0, 0.1) is 0 Å². The van der Waals surface area contributed by atoms with E-state index >= 15 is 0 Å². The molecule has 5 heteroatoms. The summed E-state index contributed by atoms with van der Waals surface area (Å²) in [6.45, 7) is 4.68. The number of carbonyl (C=O) groups excluding carboxylic acids is 2. The van der Waals surface area contributed by atoms with Gasteiger partial charge in [-0.2, -0.15) is 0 Å². The van der Waals surface area contributed by atoms with Crippen LogP contribution in [0.5, 0.6) is 0 Å². The fourth-order valence-corrected chi connectivity index (χ4v) is 1.83. The molecule has 1 aliphatic heterocycles. The van der Waals surface area contributed by atoms with E-state index in [0.29, 0.717) is 13.1 Å². The molecule has 0 unspecified atom stereocenters. The van der Waals surface area contributed by atoms with Gasteiger partial charge in [0.25, 0.3) is 0 Å². The number of urea groups is 1. The minimum Gasteiger partial charge on any atom is -0.469 e. The van der Waals surface area contributed by atoms with Crippen LogP contribution in [0.15, 0.2) is 0 Å². The summed E-state index contributed by atoms with van der Waals surface area (Å²) in [5.74, 6) is -0.271. The summed E-state index contributed by atoms with van der Waals surface area (Å²) in [5, 5.41) is 0. The molecular weight excluding hydrogens is 208 g/mol. The molecule has 0 bridgehead atoms. The number of methoxy groups -OCH3 is 1. The van der Waals surface area contributed by atoms with Gasteiger partial charge in [-0.3, -0.25) is 4.79 Å². The third-order valence-corrected chi connectivity index (χ3v) is 2.84. The number of hydrogen-bond donors (Lipinski definition) is 0. The lowest BCUT2D eigenvalue weighted by Crippen LogP contribution is -2.42. The van der Waals surface area contributed by atoms with Gasteiger partial charge in [-0.1, -0.05) is 0 Å². The Morgan fingerprint density at radius 2 is 1.94 bits per heavy atom. The van der Waals surface area contributed by atoms with Crippen molar-refractivity contribution in [2.45, 2.75) is 26.2 Å². The zero-order valence-corrected chi connectivity index (χ0v) is 10.1. The molecule has 2 amide bonds. The van der Waals surface area contributed by atoms with Gasteiger partial charge in [0.15, 0.2) is 0 Å². The molecule has 1 rings (SSSR count). The SMILES string of the molecule is CCN(CCC(=O)OC)C(=O)N1CCCC1. The first-order valence-electron chi connectivity index (χ1n) is 5.79. The van der Waals surface area contributed by atoms with Crippen molar-refractivity contribution in [3.63, 3.8) is 0 Å². The minimum atomic E-state index is -0.271. The molecule has 0 atom stereocenters. The molecule has 0 spiro atoms. The zero-order chi connectivity index (χ0) is 12.0. The Labute approximate surface area is 96.3 Å². The first-order valence-corrected chi connectivity index (χ1v) is 5.79. The standard InChI is InChI=1S/C11H20N2O3/c1-3-12(9-6-10(14)16-2)11(15)13-7-4-5-8-13/h3-9H2,1-2H3. The highest BCUT2D eigenvalue weighted by Crippen LogP contribution is 2.10. The molecule has 0 radical (unpaired) electrons. The lowest BCUT2D eigenvalue weighted by Gasteiger charge is -2.26. The van der Waals surface area contributed by atoms with E-state index in [-0.39, 0.29) is 18.4 Å². The number of amides is 2. The maximum absolute atomic E-state index is 12.0. The van der Waals surface area contributed by atoms with Gasteiger partial charge in [0.1, 0.15) is 0 Å². The molecule has 0 aromatic carbocycles. The summed E-state index contributed by atoms with van der Waals surface area (Å²) in [7, 11) is 1.36. The maximum Gasteiger partial charge on any atom is 0.320 e. The van der Waals surface area contributed by atoms with Crippen LogP contribution in [0.1, 0.15) is 26.2 Å². The van der Waals surface area contributed by atoms with E-state index in [9.17, 15) is 9.59 Å². The Bertz CT molecular complexity index is 250. The molecule has 0 N–H and O–H groups in total. The van der Waals surface area contributed by atoms with E-state index < -0.39 is 0 Å². The van der Waals surface area contributed by atoms with Crippen molar-refractivity contribution >= 4 is 12.0 Å².